The van der Waals surface area contributed by atoms with Gasteiger partial charge in [0.15, 0.2) is 0 Å². The van der Waals surface area contributed by atoms with Gasteiger partial charge in [0, 0.05) is 13.1 Å². The summed E-state index contributed by atoms with van der Waals surface area (Å²) in [4.78, 5) is 13.3. The highest BCUT2D eigenvalue weighted by atomic mass is 16.5. The van der Waals surface area contributed by atoms with Crippen LogP contribution in [0.25, 0.3) is 0 Å². The highest BCUT2D eigenvalue weighted by Crippen LogP contribution is 2.30. The maximum Gasteiger partial charge on any atom is 0.308 e. The van der Waals surface area contributed by atoms with E-state index in [0.717, 1.165) is 6.54 Å². The monoisotopic (exact) mass is 243 g/mol. The zero-order chi connectivity index (χ0) is 13.2. The second-order valence-electron chi connectivity index (χ2n) is 6.27. The highest BCUT2D eigenvalue weighted by molar-refractivity contribution is 5.71. The molecule has 17 heavy (non-hydrogen) atoms. The summed E-state index contributed by atoms with van der Waals surface area (Å²) >= 11 is 0. The predicted molar refractivity (Wildman–Crippen MR) is 66.7 cm³/mol. The van der Waals surface area contributed by atoms with E-state index < -0.39 is 5.97 Å². The molecule has 0 aromatic carbocycles. The molecule has 0 spiro atoms. The normalized spacial score (nSPS) is 26.7. The Morgan fingerprint density at radius 2 is 2.00 bits per heavy atom. The van der Waals surface area contributed by atoms with E-state index in [4.69, 9.17) is 4.74 Å². The van der Waals surface area contributed by atoms with Gasteiger partial charge in [-0.05, 0) is 32.6 Å². The van der Waals surface area contributed by atoms with Crippen LogP contribution in [0.4, 0.5) is 0 Å². The summed E-state index contributed by atoms with van der Waals surface area (Å²) in [6.07, 6.45) is 0. The summed E-state index contributed by atoms with van der Waals surface area (Å²) < 4.78 is 5.70. The molecule has 1 aliphatic rings. The Morgan fingerprint density at radius 3 is 2.35 bits per heavy atom. The number of carboxylic acid groups (broad SMARTS) is 1. The van der Waals surface area contributed by atoms with E-state index >= 15 is 0 Å². The standard InChI is InChI=1S/C13H25NO3/c1-9(2)10-6-14(7-11(10)12(15)16)8-17-13(3,4)5/h9-11H,6-8H2,1-5H3,(H,15,16)/t10-,11+/m0/s1. The van der Waals surface area contributed by atoms with Gasteiger partial charge in [0.25, 0.3) is 0 Å². The van der Waals surface area contributed by atoms with E-state index in [1.165, 1.54) is 0 Å². The van der Waals surface area contributed by atoms with Gasteiger partial charge in [0.2, 0.25) is 0 Å². The number of hydrogen-bond acceptors (Lipinski definition) is 3. The van der Waals surface area contributed by atoms with Crippen LogP contribution in [0.1, 0.15) is 34.6 Å². The smallest absolute Gasteiger partial charge is 0.308 e. The van der Waals surface area contributed by atoms with Crippen molar-refractivity contribution in [3.05, 3.63) is 0 Å². The third kappa shape index (κ3) is 4.28. The van der Waals surface area contributed by atoms with Crippen molar-refractivity contribution in [1.29, 1.82) is 0 Å². The van der Waals surface area contributed by atoms with Crippen molar-refractivity contribution < 1.29 is 14.6 Å². The van der Waals surface area contributed by atoms with Crippen LogP contribution in [0.2, 0.25) is 0 Å². The molecule has 0 unspecified atom stereocenters. The molecule has 1 heterocycles. The lowest BCUT2D eigenvalue weighted by Gasteiger charge is -2.24. The maximum atomic E-state index is 11.2. The molecule has 1 saturated heterocycles. The summed E-state index contributed by atoms with van der Waals surface area (Å²) in [5.41, 5.74) is -0.172. The minimum atomic E-state index is -0.679. The molecule has 0 saturated carbocycles. The second kappa shape index (κ2) is 5.36. The molecule has 1 aliphatic heterocycles. The number of hydrogen-bond donors (Lipinski definition) is 1. The number of rotatable bonds is 4. The third-order valence-corrected chi connectivity index (χ3v) is 3.29. The number of carboxylic acids is 1. The first-order chi connectivity index (χ1) is 7.70. The molecule has 0 radical (unpaired) electrons. The van der Waals surface area contributed by atoms with Crippen molar-refractivity contribution >= 4 is 5.97 Å². The van der Waals surface area contributed by atoms with Gasteiger partial charge in [-0.15, -0.1) is 0 Å². The zero-order valence-corrected chi connectivity index (χ0v) is 11.6. The molecule has 0 bridgehead atoms. The van der Waals surface area contributed by atoms with Crippen molar-refractivity contribution in [3.8, 4) is 0 Å². The molecule has 4 heteroatoms. The van der Waals surface area contributed by atoms with E-state index in [1.54, 1.807) is 0 Å². The van der Waals surface area contributed by atoms with Crippen LogP contribution in [0.5, 0.6) is 0 Å². The average molecular weight is 243 g/mol. The molecule has 4 nitrogen and oxygen atoms in total. The Morgan fingerprint density at radius 1 is 1.41 bits per heavy atom. The molecule has 2 atom stereocenters. The lowest BCUT2D eigenvalue weighted by molar-refractivity contribution is -0.143. The van der Waals surface area contributed by atoms with Crippen LogP contribution in [0.3, 0.4) is 0 Å². The fraction of sp³-hybridized carbons (Fsp3) is 0.923. The van der Waals surface area contributed by atoms with E-state index in [1.807, 2.05) is 20.8 Å². The number of nitrogens with zero attached hydrogens (tertiary/aromatic N) is 1. The van der Waals surface area contributed by atoms with E-state index in [2.05, 4.69) is 18.7 Å². The minimum absolute atomic E-state index is 0.172. The Labute approximate surface area is 104 Å². The molecule has 0 aromatic rings. The molecule has 0 aliphatic carbocycles. The quantitative estimate of drug-likeness (QED) is 0.821. The van der Waals surface area contributed by atoms with Crippen molar-refractivity contribution in [2.75, 3.05) is 19.8 Å². The number of aliphatic carboxylic acids is 1. The van der Waals surface area contributed by atoms with Gasteiger partial charge in [-0.2, -0.15) is 0 Å². The maximum absolute atomic E-state index is 11.2. The molecule has 1 fully saturated rings. The van der Waals surface area contributed by atoms with Crippen molar-refractivity contribution in [3.63, 3.8) is 0 Å². The molecular formula is C13H25NO3. The van der Waals surface area contributed by atoms with Crippen LogP contribution in [-0.4, -0.2) is 41.4 Å². The van der Waals surface area contributed by atoms with Gasteiger partial charge in [-0.25, -0.2) is 0 Å². The van der Waals surface area contributed by atoms with Gasteiger partial charge < -0.3 is 9.84 Å². The van der Waals surface area contributed by atoms with Gasteiger partial charge >= 0.3 is 5.97 Å². The first-order valence-corrected chi connectivity index (χ1v) is 6.30. The molecule has 1 N–H and O–H groups in total. The van der Waals surface area contributed by atoms with Crippen LogP contribution >= 0.6 is 0 Å². The number of likely N-dealkylation sites (tertiary alicyclic amines) is 1. The predicted octanol–water partition coefficient (Wildman–Crippen LogP) is 2.05. The van der Waals surface area contributed by atoms with Crippen LogP contribution in [0, 0.1) is 17.8 Å². The molecule has 0 amide bonds. The van der Waals surface area contributed by atoms with E-state index in [0.29, 0.717) is 19.2 Å². The second-order valence-corrected chi connectivity index (χ2v) is 6.27. The lowest BCUT2D eigenvalue weighted by Crippen LogP contribution is -2.31. The number of carbonyl (C=O) groups is 1. The van der Waals surface area contributed by atoms with Crippen LogP contribution < -0.4 is 0 Å². The Hall–Kier alpha value is -0.610. The van der Waals surface area contributed by atoms with Crippen molar-refractivity contribution in [2.45, 2.75) is 40.2 Å². The van der Waals surface area contributed by atoms with Gasteiger partial charge in [0.05, 0.1) is 18.2 Å². The summed E-state index contributed by atoms with van der Waals surface area (Å²) in [5.74, 6) is -0.299. The van der Waals surface area contributed by atoms with Gasteiger partial charge in [-0.3, -0.25) is 9.69 Å². The largest absolute Gasteiger partial charge is 0.481 e. The minimum Gasteiger partial charge on any atom is -0.481 e. The van der Waals surface area contributed by atoms with Gasteiger partial charge in [0.1, 0.15) is 0 Å². The first kappa shape index (κ1) is 14.5. The Bertz CT molecular complexity index is 270. The average Bonchev–Trinajstić information content (AvgIpc) is 2.57. The SMILES string of the molecule is CC(C)[C@@H]1CN(COC(C)(C)C)C[C@H]1C(=O)O. The van der Waals surface area contributed by atoms with Crippen LogP contribution in [-0.2, 0) is 9.53 Å². The summed E-state index contributed by atoms with van der Waals surface area (Å²) in [7, 11) is 0. The summed E-state index contributed by atoms with van der Waals surface area (Å²) in [5, 5.41) is 9.21. The van der Waals surface area contributed by atoms with Crippen LogP contribution in [0.15, 0.2) is 0 Å². The molecule has 0 aromatic heterocycles. The zero-order valence-electron chi connectivity index (χ0n) is 11.6. The van der Waals surface area contributed by atoms with Crippen molar-refractivity contribution in [2.24, 2.45) is 17.8 Å². The molecule has 100 valence electrons. The summed E-state index contributed by atoms with van der Waals surface area (Å²) in [6, 6.07) is 0. The topological polar surface area (TPSA) is 49.8 Å². The molecular weight excluding hydrogens is 218 g/mol. The first-order valence-electron chi connectivity index (χ1n) is 6.30. The Kier molecular flexibility index (Phi) is 4.55. The third-order valence-electron chi connectivity index (χ3n) is 3.29. The number of ether oxygens (including phenoxy) is 1. The molecule has 1 rings (SSSR count). The fourth-order valence-electron chi connectivity index (χ4n) is 2.24. The fourth-order valence-corrected chi connectivity index (χ4v) is 2.24. The van der Waals surface area contributed by atoms with Gasteiger partial charge in [-0.1, -0.05) is 13.8 Å². The Balaban J connectivity index is 2.54. The van der Waals surface area contributed by atoms with E-state index in [-0.39, 0.29) is 17.4 Å². The highest BCUT2D eigenvalue weighted by Gasteiger charge is 2.39. The van der Waals surface area contributed by atoms with E-state index in [9.17, 15) is 9.90 Å². The van der Waals surface area contributed by atoms with Crippen molar-refractivity contribution in [1.82, 2.24) is 4.90 Å². The lowest BCUT2D eigenvalue weighted by atomic mass is 9.86. The summed E-state index contributed by atoms with van der Waals surface area (Å²) in [6.45, 7) is 12.2.